The molecule has 0 amide bonds. The number of anilines is 1. The van der Waals surface area contributed by atoms with Gasteiger partial charge >= 0.3 is 0 Å². The van der Waals surface area contributed by atoms with E-state index in [0.29, 0.717) is 0 Å². The summed E-state index contributed by atoms with van der Waals surface area (Å²) >= 11 is 0. The maximum Gasteiger partial charge on any atom is 0.161 e. The van der Waals surface area contributed by atoms with Crippen molar-refractivity contribution in [3.8, 4) is 22.6 Å². The third-order valence-corrected chi connectivity index (χ3v) is 3.04. The molecule has 0 radical (unpaired) electrons. The number of rotatable bonds is 4. The Morgan fingerprint density at radius 2 is 1.74 bits per heavy atom. The molecule has 1 aromatic heterocycles. The number of methoxy groups -OCH3 is 2. The molecule has 0 fully saturated rings. The average Bonchev–Trinajstić information content (AvgIpc) is 2.46. The van der Waals surface area contributed by atoms with E-state index < -0.39 is 0 Å². The van der Waals surface area contributed by atoms with Gasteiger partial charge in [0.05, 0.1) is 14.2 Å². The first kappa shape index (κ1) is 13.2. The molecule has 1 N–H and O–H groups in total. The van der Waals surface area contributed by atoms with Crippen LogP contribution in [0.15, 0.2) is 30.3 Å². The molecule has 0 aliphatic heterocycles. The van der Waals surface area contributed by atoms with E-state index in [0.717, 1.165) is 34.1 Å². The fourth-order valence-electron chi connectivity index (χ4n) is 2.01. The lowest BCUT2D eigenvalue weighted by Crippen LogP contribution is -1.96. The van der Waals surface area contributed by atoms with Gasteiger partial charge in [-0.2, -0.15) is 0 Å². The lowest BCUT2D eigenvalue weighted by molar-refractivity contribution is 0.355. The molecule has 4 heteroatoms. The van der Waals surface area contributed by atoms with Gasteiger partial charge in [0.25, 0.3) is 0 Å². The van der Waals surface area contributed by atoms with Gasteiger partial charge in [0.1, 0.15) is 5.82 Å². The lowest BCUT2D eigenvalue weighted by Gasteiger charge is -2.11. The van der Waals surface area contributed by atoms with Crippen molar-refractivity contribution in [2.24, 2.45) is 0 Å². The molecule has 19 heavy (non-hydrogen) atoms. The number of nitrogens with one attached hydrogen (secondary N) is 1. The van der Waals surface area contributed by atoms with Crippen molar-refractivity contribution < 1.29 is 9.47 Å². The van der Waals surface area contributed by atoms with Crippen LogP contribution in [0.2, 0.25) is 0 Å². The highest BCUT2D eigenvalue weighted by Gasteiger charge is 2.09. The van der Waals surface area contributed by atoms with E-state index >= 15 is 0 Å². The van der Waals surface area contributed by atoms with Crippen molar-refractivity contribution in [1.82, 2.24) is 4.98 Å². The predicted octanol–water partition coefficient (Wildman–Crippen LogP) is 3.12. The minimum absolute atomic E-state index is 0.720. The standard InChI is InChI=1S/C15H18N2O2/c1-10-12(6-8-15(16-2)17-10)11-5-7-13(18-3)14(9-11)19-4/h5-9H,1-4H3,(H,16,17). The summed E-state index contributed by atoms with van der Waals surface area (Å²) in [5.74, 6) is 2.31. The Morgan fingerprint density at radius 3 is 2.32 bits per heavy atom. The Kier molecular flexibility index (Phi) is 3.90. The summed E-state index contributed by atoms with van der Waals surface area (Å²) in [6.07, 6.45) is 0. The Labute approximate surface area is 113 Å². The minimum Gasteiger partial charge on any atom is -0.493 e. The van der Waals surface area contributed by atoms with E-state index in [4.69, 9.17) is 9.47 Å². The average molecular weight is 258 g/mol. The quantitative estimate of drug-likeness (QED) is 0.915. The van der Waals surface area contributed by atoms with Gasteiger partial charge in [-0.15, -0.1) is 0 Å². The molecule has 0 spiro atoms. The molecule has 0 aliphatic carbocycles. The highest BCUT2D eigenvalue weighted by molar-refractivity contribution is 5.70. The van der Waals surface area contributed by atoms with E-state index in [-0.39, 0.29) is 0 Å². The molecule has 0 saturated heterocycles. The fraction of sp³-hybridized carbons (Fsp3) is 0.267. The van der Waals surface area contributed by atoms with Crippen molar-refractivity contribution in [3.63, 3.8) is 0 Å². The van der Waals surface area contributed by atoms with Gasteiger partial charge in [0.15, 0.2) is 11.5 Å². The second-order valence-corrected chi connectivity index (χ2v) is 4.15. The normalized spacial score (nSPS) is 10.1. The Bertz CT molecular complexity index is 582. The van der Waals surface area contributed by atoms with Crippen molar-refractivity contribution in [2.45, 2.75) is 6.92 Å². The Balaban J connectivity index is 2.47. The largest absolute Gasteiger partial charge is 0.493 e. The Morgan fingerprint density at radius 1 is 1.00 bits per heavy atom. The zero-order valence-electron chi connectivity index (χ0n) is 11.7. The summed E-state index contributed by atoms with van der Waals surface area (Å²) in [7, 11) is 5.13. The van der Waals surface area contributed by atoms with E-state index in [1.165, 1.54) is 0 Å². The number of hydrogen-bond donors (Lipinski definition) is 1. The molecule has 0 saturated carbocycles. The van der Waals surface area contributed by atoms with E-state index in [1.807, 2.05) is 38.2 Å². The highest BCUT2D eigenvalue weighted by atomic mass is 16.5. The zero-order valence-corrected chi connectivity index (χ0v) is 11.7. The summed E-state index contributed by atoms with van der Waals surface area (Å²) in [5, 5.41) is 3.03. The van der Waals surface area contributed by atoms with Crippen LogP contribution in [0.25, 0.3) is 11.1 Å². The van der Waals surface area contributed by atoms with Gasteiger partial charge < -0.3 is 14.8 Å². The monoisotopic (exact) mass is 258 g/mol. The van der Waals surface area contributed by atoms with Crippen LogP contribution in [-0.2, 0) is 0 Å². The number of ether oxygens (including phenoxy) is 2. The molecule has 0 unspecified atom stereocenters. The lowest BCUT2D eigenvalue weighted by atomic mass is 10.0. The minimum atomic E-state index is 0.720. The van der Waals surface area contributed by atoms with Crippen molar-refractivity contribution in [3.05, 3.63) is 36.0 Å². The van der Waals surface area contributed by atoms with Crippen LogP contribution in [0.5, 0.6) is 11.5 Å². The third kappa shape index (κ3) is 2.62. The molecular formula is C15H18N2O2. The predicted molar refractivity (Wildman–Crippen MR) is 77.1 cm³/mol. The summed E-state index contributed by atoms with van der Waals surface area (Å²) in [4.78, 5) is 4.48. The van der Waals surface area contributed by atoms with Crippen LogP contribution in [-0.4, -0.2) is 26.3 Å². The van der Waals surface area contributed by atoms with Gasteiger partial charge in [-0.25, -0.2) is 4.98 Å². The maximum atomic E-state index is 5.33. The molecule has 4 nitrogen and oxygen atoms in total. The molecule has 2 rings (SSSR count). The van der Waals surface area contributed by atoms with Crippen LogP contribution in [0.4, 0.5) is 5.82 Å². The van der Waals surface area contributed by atoms with Crippen molar-refractivity contribution in [1.29, 1.82) is 0 Å². The van der Waals surface area contributed by atoms with Crippen LogP contribution in [0.3, 0.4) is 0 Å². The first-order valence-corrected chi connectivity index (χ1v) is 6.07. The molecule has 2 aromatic rings. The SMILES string of the molecule is CNc1ccc(-c2ccc(OC)c(OC)c2)c(C)n1. The van der Waals surface area contributed by atoms with E-state index in [9.17, 15) is 0 Å². The van der Waals surface area contributed by atoms with Crippen LogP contribution in [0, 0.1) is 6.92 Å². The molecule has 0 aliphatic rings. The van der Waals surface area contributed by atoms with E-state index in [1.54, 1.807) is 14.2 Å². The first-order valence-electron chi connectivity index (χ1n) is 6.07. The highest BCUT2D eigenvalue weighted by Crippen LogP contribution is 2.33. The van der Waals surface area contributed by atoms with Gasteiger partial charge in [-0.05, 0) is 36.8 Å². The molecule has 1 aromatic carbocycles. The molecule has 100 valence electrons. The van der Waals surface area contributed by atoms with Crippen LogP contribution < -0.4 is 14.8 Å². The maximum absolute atomic E-state index is 5.33. The first-order chi connectivity index (χ1) is 9.19. The van der Waals surface area contributed by atoms with Gasteiger partial charge in [0, 0.05) is 18.3 Å². The van der Waals surface area contributed by atoms with Crippen molar-refractivity contribution >= 4 is 5.82 Å². The number of pyridine rings is 1. The summed E-state index contributed by atoms with van der Waals surface area (Å²) in [5.41, 5.74) is 3.12. The van der Waals surface area contributed by atoms with Crippen molar-refractivity contribution in [2.75, 3.05) is 26.6 Å². The second-order valence-electron chi connectivity index (χ2n) is 4.15. The summed E-state index contributed by atoms with van der Waals surface area (Å²) in [6, 6.07) is 9.88. The summed E-state index contributed by atoms with van der Waals surface area (Å²) < 4.78 is 10.6. The second kappa shape index (κ2) is 5.61. The smallest absolute Gasteiger partial charge is 0.161 e. The van der Waals surface area contributed by atoms with Gasteiger partial charge in [-0.3, -0.25) is 0 Å². The van der Waals surface area contributed by atoms with Gasteiger partial charge in [-0.1, -0.05) is 6.07 Å². The topological polar surface area (TPSA) is 43.4 Å². The number of nitrogens with zero attached hydrogens (tertiary/aromatic N) is 1. The number of benzene rings is 1. The van der Waals surface area contributed by atoms with Gasteiger partial charge in [0.2, 0.25) is 0 Å². The Hall–Kier alpha value is -2.23. The number of aromatic nitrogens is 1. The van der Waals surface area contributed by atoms with Crippen LogP contribution in [0.1, 0.15) is 5.69 Å². The fourth-order valence-corrected chi connectivity index (χ4v) is 2.01. The third-order valence-electron chi connectivity index (χ3n) is 3.04. The molecular weight excluding hydrogens is 240 g/mol. The van der Waals surface area contributed by atoms with Crippen LogP contribution >= 0.6 is 0 Å². The molecule has 1 heterocycles. The summed E-state index contributed by atoms with van der Waals surface area (Å²) in [6.45, 7) is 1.99. The molecule has 0 bridgehead atoms. The van der Waals surface area contributed by atoms with E-state index in [2.05, 4.69) is 16.4 Å². The molecule has 0 atom stereocenters. The zero-order chi connectivity index (χ0) is 13.8. The number of hydrogen-bond acceptors (Lipinski definition) is 4. The number of aryl methyl sites for hydroxylation is 1.